The summed E-state index contributed by atoms with van der Waals surface area (Å²) in [4.78, 5) is 3.22. The monoisotopic (exact) mass is 406 g/mol. The van der Waals surface area contributed by atoms with Crippen LogP contribution in [0.2, 0.25) is 0 Å². The van der Waals surface area contributed by atoms with E-state index in [0.29, 0.717) is 23.5 Å². The first-order valence-corrected chi connectivity index (χ1v) is 8.91. The third-order valence-electron chi connectivity index (χ3n) is 4.16. The molecule has 1 aliphatic heterocycles. The van der Waals surface area contributed by atoms with Crippen molar-refractivity contribution >= 4 is 23.1 Å². The number of halogens is 6. The zero-order valence-electron chi connectivity index (χ0n) is 14.5. The van der Waals surface area contributed by atoms with Crippen LogP contribution >= 0.6 is 11.8 Å². The number of alkyl halides is 3. The zero-order valence-corrected chi connectivity index (χ0v) is 15.3. The number of hydrogen-bond donors (Lipinski definition) is 0. The van der Waals surface area contributed by atoms with Crippen molar-refractivity contribution in [1.82, 2.24) is 4.90 Å². The topological polar surface area (TPSA) is 6.48 Å². The number of rotatable bonds is 4. The van der Waals surface area contributed by atoms with Gasteiger partial charge in [-0.05, 0) is 39.2 Å². The fourth-order valence-electron chi connectivity index (χ4n) is 2.99. The Balaban J connectivity index is 2.19. The van der Waals surface area contributed by atoms with E-state index in [9.17, 15) is 26.3 Å². The van der Waals surface area contributed by atoms with Gasteiger partial charge in [0.05, 0.1) is 16.3 Å². The lowest BCUT2D eigenvalue weighted by Gasteiger charge is -2.34. The second kappa shape index (κ2) is 7.27. The van der Waals surface area contributed by atoms with Crippen LogP contribution in [0.4, 0.5) is 37.7 Å². The van der Waals surface area contributed by atoms with Gasteiger partial charge in [-0.1, -0.05) is 23.9 Å². The first-order valence-electron chi connectivity index (χ1n) is 8.09. The molecule has 3 rings (SSSR count). The van der Waals surface area contributed by atoms with Crippen LogP contribution < -0.4 is 4.90 Å². The predicted molar refractivity (Wildman–Crippen MR) is 92.1 cm³/mol. The number of nitrogens with zero attached hydrogens (tertiary/aromatic N) is 2. The molecule has 1 heterocycles. The molecule has 27 heavy (non-hydrogen) atoms. The molecular formula is C18H16F6N2S. The minimum atomic E-state index is -5.35. The van der Waals surface area contributed by atoms with Crippen molar-refractivity contribution in [1.29, 1.82) is 0 Å². The van der Waals surface area contributed by atoms with Gasteiger partial charge in [0, 0.05) is 11.4 Å². The van der Waals surface area contributed by atoms with Gasteiger partial charge in [-0.3, -0.25) is 0 Å². The quantitative estimate of drug-likeness (QED) is 0.477. The third-order valence-corrected chi connectivity index (χ3v) is 5.30. The molecule has 0 aromatic heterocycles. The molecule has 2 aromatic rings. The van der Waals surface area contributed by atoms with E-state index in [0.717, 1.165) is 11.8 Å². The molecule has 0 radical (unpaired) electrons. The highest BCUT2D eigenvalue weighted by molar-refractivity contribution is 7.99. The molecule has 0 amide bonds. The second-order valence-electron chi connectivity index (χ2n) is 6.37. The van der Waals surface area contributed by atoms with Crippen molar-refractivity contribution in [3.63, 3.8) is 0 Å². The lowest BCUT2D eigenvalue weighted by Crippen LogP contribution is -2.28. The SMILES string of the molecule is CN(C)CCCN1c2ccccc2Sc2c(F)c(F)c(C(F)(F)F)c(F)c21. The Morgan fingerprint density at radius 1 is 1.00 bits per heavy atom. The largest absolute Gasteiger partial charge is 0.422 e. The Kier molecular flexibility index (Phi) is 5.36. The molecule has 0 unspecified atom stereocenters. The Morgan fingerprint density at radius 3 is 2.30 bits per heavy atom. The van der Waals surface area contributed by atoms with E-state index in [1.54, 1.807) is 24.3 Å². The molecule has 0 saturated heterocycles. The van der Waals surface area contributed by atoms with Gasteiger partial charge in [-0.2, -0.15) is 13.2 Å². The molecule has 1 aliphatic rings. The molecule has 0 N–H and O–H groups in total. The van der Waals surface area contributed by atoms with Crippen LogP contribution in [-0.2, 0) is 6.18 Å². The van der Waals surface area contributed by atoms with E-state index in [1.807, 2.05) is 19.0 Å². The summed E-state index contributed by atoms with van der Waals surface area (Å²) in [6, 6.07) is 6.58. The molecule has 0 spiro atoms. The smallest absolute Gasteiger partial charge is 0.337 e. The molecule has 9 heteroatoms. The fourth-order valence-corrected chi connectivity index (χ4v) is 4.11. The van der Waals surface area contributed by atoms with Crippen molar-refractivity contribution in [3.05, 3.63) is 47.3 Å². The van der Waals surface area contributed by atoms with Gasteiger partial charge in [0.1, 0.15) is 5.56 Å². The summed E-state index contributed by atoms with van der Waals surface area (Å²) in [5.41, 5.74) is -2.30. The van der Waals surface area contributed by atoms with E-state index < -0.39 is 39.8 Å². The molecule has 0 bridgehead atoms. The summed E-state index contributed by atoms with van der Waals surface area (Å²) in [5.74, 6) is -5.68. The number of hydrogen-bond acceptors (Lipinski definition) is 3. The van der Waals surface area contributed by atoms with Gasteiger partial charge < -0.3 is 9.80 Å². The Labute approximate surface area is 156 Å². The predicted octanol–water partition coefficient (Wildman–Crippen LogP) is 5.68. The maximum atomic E-state index is 14.8. The average molecular weight is 406 g/mol. The molecule has 0 fully saturated rings. The summed E-state index contributed by atoms with van der Waals surface area (Å²) >= 11 is 0.726. The molecule has 0 saturated carbocycles. The highest BCUT2D eigenvalue weighted by Gasteiger charge is 2.44. The first kappa shape index (κ1) is 19.9. The number of fused-ring (bicyclic) bond motifs is 2. The van der Waals surface area contributed by atoms with E-state index in [-0.39, 0.29) is 6.54 Å². The number of para-hydroxylation sites is 1. The molecule has 2 nitrogen and oxygen atoms in total. The van der Waals surface area contributed by atoms with Crippen LogP contribution in [0.25, 0.3) is 0 Å². The summed E-state index contributed by atoms with van der Waals surface area (Å²) in [7, 11) is 3.65. The summed E-state index contributed by atoms with van der Waals surface area (Å²) in [5, 5.41) is 0. The van der Waals surface area contributed by atoms with E-state index in [2.05, 4.69) is 0 Å². The maximum absolute atomic E-state index is 14.8. The van der Waals surface area contributed by atoms with Gasteiger partial charge in [-0.15, -0.1) is 0 Å². The maximum Gasteiger partial charge on any atom is 0.422 e. The molecule has 2 aromatic carbocycles. The zero-order chi connectivity index (χ0) is 19.9. The fraction of sp³-hybridized carbons (Fsp3) is 0.333. The Morgan fingerprint density at radius 2 is 1.67 bits per heavy atom. The van der Waals surface area contributed by atoms with Crippen LogP contribution in [0, 0.1) is 17.5 Å². The van der Waals surface area contributed by atoms with Crippen LogP contribution in [0.5, 0.6) is 0 Å². The van der Waals surface area contributed by atoms with Crippen molar-refractivity contribution < 1.29 is 26.3 Å². The van der Waals surface area contributed by atoms with Crippen LogP contribution in [0.3, 0.4) is 0 Å². The highest BCUT2D eigenvalue weighted by atomic mass is 32.2. The summed E-state index contributed by atoms with van der Waals surface area (Å²) < 4.78 is 82.8. The lowest BCUT2D eigenvalue weighted by molar-refractivity contribution is -0.142. The van der Waals surface area contributed by atoms with Crippen molar-refractivity contribution in [2.75, 3.05) is 32.1 Å². The molecule has 0 atom stereocenters. The van der Waals surface area contributed by atoms with Crippen LogP contribution in [-0.4, -0.2) is 32.1 Å². The Bertz CT molecular complexity index is 866. The van der Waals surface area contributed by atoms with Crippen molar-refractivity contribution in [3.8, 4) is 0 Å². The van der Waals surface area contributed by atoms with E-state index in [4.69, 9.17) is 0 Å². The number of anilines is 2. The van der Waals surface area contributed by atoms with Crippen molar-refractivity contribution in [2.24, 2.45) is 0 Å². The lowest BCUT2D eigenvalue weighted by atomic mass is 10.1. The first-order chi connectivity index (χ1) is 12.6. The molecule has 146 valence electrons. The van der Waals surface area contributed by atoms with E-state index in [1.165, 1.54) is 4.90 Å². The van der Waals surface area contributed by atoms with Crippen LogP contribution in [0.15, 0.2) is 34.1 Å². The molecular weight excluding hydrogens is 390 g/mol. The third kappa shape index (κ3) is 3.62. The molecule has 0 aliphatic carbocycles. The van der Waals surface area contributed by atoms with Gasteiger partial charge in [0.15, 0.2) is 17.5 Å². The van der Waals surface area contributed by atoms with Gasteiger partial charge >= 0.3 is 6.18 Å². The standard InChI is InChI=1S/C18H16F6N2S/c1-25(2)8-5-9-26-10-6-3-4-7-11(10)27-17-15(21)13(19)12(18(22,23)24)14(20)16(17)26/h3-4,6-7H,5,8-9H2,1-2H3. The highest BCUT2D eigenvalue weighted by Crippen LogP contribution is 2.53. The summed E-state index contributed by atoms with van der Waals surface area (Å²) in [6.45, 7) is 0.751. The van der Waals surface area contributed by atoms with Gasteiger partial charge in [0.25, 0.3) is 0 Å². The number of benzene rings is 2. The second-order valence-corrected chi connectivity index (χ2v) is 7.42. The minimum absolute atomic E-state index is 0.155. The van der Waals surface area contributed by atoms with E-state index >= 15 is 0 Å². The van der Waals surface area contributed by atoms with Crippen molar-refractivity contribution in [2.45, 2.75) is 22.4 Å². The van der Waals surface area contributed by atoms with Gasteiger partial charge in [-0.25, -0.2) is 13.2 Å². The minimum Gasteiger partial charge on any atom is -0.337 e. The Hall–Kier alpha value is -1.87. The normalized spacial score (nSPS) is 13.7. The summed E-state index contributed by atoms with van der Waals surface area (Å²) in [6.07, 6.45) is -4.85. The van der Waals surface area contributed by atoms with Gasteiger partial charge in [0.2, 0.25) is 0 Å². The van der Waals surface area contributed by atoms with Crippen LogP contribution in [0.1, 0.15) is 12.0 Å². The average Bonchev–Trinajstić information content (AvgIpc) is 2.57.